The molecule has 2 heterocycles. The second-order valence-corrected chi connectivity index (χ2v) is 7.57. The van der Waals surface area contributed by atoms with Crippen LogP contribution in [0.3, 0.4) is 0 Å². The van der Waals surface area contributed by atoms with Gasteiger partial charge < -0.3 is 20.3 Å². The summed E-state index contributed by atoms with van der Waals surface area (Å²) in [7, 11) is 0. The first-order chi connectivity index (χ1) is 11.9. The van der Waals surface area contributed by atoms with Crippen LogP contribution in [0.25, 0.3) is 0 Å². The van der Waals surface area contributed by atoms with Crippen molar-refractivity contribution in [2.75, 3.05) is 52.4 Å². The monoisotopic (exact) mass is 481 g/mol. The highest BCUT2D eigenvalue weighted by molar-refractivity contribution is 14.0. The largest absolute Gasteiger partial charge is 0.373 e. The van der Waals surface area contributed by atoms with Crippen molar-refractivity contribution in [2.45, 2.75) is 52.2 Å². The average Bonchev–Trinajstić information content (AvgIpc) is 2.54. The number of carbonyl (C=O) groups is 1. The summed E-state index contributed by atoms with van der Waals surface area (Å²) in [5.74, 6) is 1.06. The summed E-state index contributed by atoms with van der Waals surface area (Å²) in [6.45, 7) is 15.0. The van der Waals surface area contributed by atoms with Crippen LogP contribution in [0.1, 0.15) is 40.5 Å². The Balaban J connectivity index is 0.00000338. The molecule has 0 aromatic heterocycles. The number of hydrogen-bond acceptors (Lipinski definition) is 4. The van der Waals surface area contributed by atoms with Gasteiger partial charge in [0, 0.05) is 52.2 Å². The fourth-order valence-electron chi connectivity index (χ4n) is 3.46. The van der Waals surface area contributed by atoms with E-state index in [-0.39, 0.29) is 35.5 Å². The van der Waals surface area contributed by atoms with E-state index in [0.717, 1.165) is 71.2 Å². The second-order valence-electron chi connectivity index (χ2n) is 7.57. The van der Waals surface area contributed by atoms with E-state index in [1.807, 2.05) is 4.90 Å². The summed E-state index contributed by atoms with van der Waals surface area (Å²) in [6.07, 6.45) is 1.95. The standard InChI is InChI=1S/C18H35N5O2.HI/c1-5-19-17(21-16-6-9-23(10-7-16)15(2)24)20-8-11-22-12-13-25-18(3,4)14-22;/h16H,5-14H2,1-4H3,(H2,19,20,21);1H. The molecule has 2 aliphatic rings. The minimum atomic E-state index is -0.0601. The van der Waals surface area contributed by atoms with E-state index in [0.29, 0.717) is 6.04 Å². The number of hydrogen-bond donors (Lipinski definition) is 2. The van der Waals surface area contributed by atoms with E-state index in [9.17, 15) is 4.79 Å². The number of halogens is 1. The highest BCUT2D eigenvalue weighted by Crippen LogP contribution is 2.15. The second kappa shape index (κ2) is 11.3. The number of guanidine groups is 1. The van der Waals surface area contributed by atoms with Crippen LogP contribution in [0.5, 0.6) is 0 Å². The normalized spacial score (nSPS) is 21.8. The van der Waals surface area contributed by atoms with Gasteiger partial charge in [-0.05, 0) is 33.6 Å². The first-order valence-corrected chi connectivity index (χ1v) is 9.56. The molecular formula is C18H36IN5O2. The molecule has 152 valence electrons. The lowest BCUT2D eigenvalue weighted by Crippen LogP contribution is -2.50. The predicted octanol–water partition coefficient (Wildman–Crippen LogP) is 1.28. The maximum absolute atomic E-state index is 11.4. The maximum atomic E-state index is 11.4. The number of likely N-dealkylation sites (tertiary alicyclic amines) is 1. The zero-order valence-electron chi connectivity index (χ0n) is 16.7. The molecule has 0 saturated carbocycles. The first kappa shape index (κ1) is 23.4. The van der Waals surface area contributed by atoms with Gasteiger partial charge in [0.2, 0.25) is 5.91 Å². The number of piperidine rings is 1. The van der Waals surface area contributed by atoms with E-state index < -0.39 is 0 Å². The Morgan fingerprint density at radius 3 is 2.54 bits per heavy atom. The van der Waals surface area contributed by atoms with Gasteiger partial charge in [-0.25, -0.2) is 0 Å². The molecule has 8 heteroatoms. The Hall–Kier alpha value is -0.610. The molecule has 26 heavy (non-hydrogen) atoms. The lowest BCUT2D eigenvalue weighted by Gasteiger charge is -2.37. The van der Waals surface area contributed by atoms with Gasteiger partial charge in [-0.3, -0.25) is 14.7 Å². The van der Waals surface area contributed by atoms with Gasteiger partial charge in [-0.2, -0.15) is 0 Å². The molecule has 0 aliphatic carbocycles. The van der Waals surface area contributed by atoms with Crippen molar-refractivity contribution in [3.8, 4) is 0 Å². The Morgan fingerprint density at radius 1 is 1.27 bits per heavy atom. The van der Waals surface area contributed by atoms with Gasteiger partial charge in [0.1, 0.15) is 0 Å². The van der Waals surface area contributed by atoms with Crippen molar-refractivity contribution < 1.29 is 9.53 Å². The summed E-state index contributed by atoms with van der Waals surface area (Å²) in [6, 6.07) is 0.385. The van der Waals surface area contributed by atoms with Crippen LogP contribution in [0.4, 0.5) is 0 Å². The Bertz CT molecular complexity index is 464. The van der Waals surface area contributed by atoms with Crippen LogP contribution in [0.2, 0.25) is 0 Å². The topological polar surface area (TPSA) is 69.2 Å². The quantitative estimate of drug-likeness (QED) is 0.352. The van der Waals surface area contributed by atoms with Gasteiger partial charge >= 0.3 is 0 Å². The van der Waals surface area contributed by atoms with Crippen molar-refractivity contribution in [1.29, 1.82) is 0 Å². The Morgan fingerprint density at radius 2 is 1.96 bits per heavy atom. The molecule has 0 spiro atoms. The molecule has 0 atom stereocenters. The number of aliphatic imine (C=N–C) groups is 1. The number of morpholine rings is 1. The molecule has 7 nitrogen and oxygen atoms in total. The van der Waals surface area contributed by atoms with E-state index >= 15 is 0 Å². The third-order valence-corrected chi connectivity index (χ3v) is 4.82. The van der Waals surface area contributed by atoms with E-state index in [2.05, 4.69) is 36.3 Å². The molecule has 2 saturated heterocycles. The Kier molecular flexibility index (Phi) is 10.2. The zero-order chi connectivity index (χ0) is 18.3. The van der Waals surface area contributed by atoms with Crippen molar-refractivity contribution in [2.24, 2.45) is 4.99 Å². The van der Waals surface area contributed by atoms with Crippen molar-refractivity contribution in [3.05, 3.63) is 0 Å². The SMILES string of the molecule is CCNC(=NCCN1CCOC(C)(C)C1)NC1CCN(C(C)=O)CC1.I. The first-order valence-electron chi connectivity index (χ1n) is 9.56. The summed E-state index contributed by atoms with van der Waals surface area (Å²) >= 11 is 0. The van der Waals surface area contributed by atoms with Gasteiger partial charge in [-0.15, -0.1) is 24.0 Å². The summed E-state index contributed by atoms with van der Waals surface area (Å²) in [5, 5.41) is 6.86. The number of rotatable bonds is 5. The van der Waals surface area contributed by atoms with Crippen LogP contribution in [0.15, 0.2) is 4.99 Å². The number of nitrogens with zero attached hydrogens (tertiary/aromatic N) is 3. The predicted molar refractivity (Wildman–Crippen MR) is 116 cm³/mol. The molecule has 0 radical (unpaired) electrons. The molecule has 2 aliphatic heterocycles. The van der Waals surface area contributed by atoms with Crippen LogP contribution in [0, 0.1) is 0 Å². The van der Waals surface area contributed by atoms with Gasteiger partial charge in [-0.1, -0.05) is 0 Å². The van der Waals surface area contributed by atoms with Crippen molar-refractivity contribution >= 4 is 35.8 Å². The van der Waals surface area contributed by atoms with Crippen molar-refractivity contribution in [3.63, 3.8) is 0 Å². The van der Waals surface area contributed by atoms with E-state index in [1.54, 1.807) is 6.92 Å². The number of ether oxygens (including phenoxy) is 1. The van der Waals surface area contributed by atoms with E-state index in [4.69, 9.17) is 9.73 Å². The lowest BCUT2D eigenvalue weighted by molar-refractivity contribution is -0.129. The summed E-state index contributed by atoms with van der Waals surface area (Å²) in [5.41, 5.74) is -0.0601. The van der Waals surface area contributed by atoms with Crippen LogP contribution >= 0.6 is 24.0 Å². The van der Waals surface area contributed by atoms with Gasteiger partial charge in [0.15, 0.2) is 5.96 Å². The minimum absolute atomic E-state index is 0. The Labute approximate surface area is 175 Å². The smallest absolute Gasteiger partial charge is 0.219 e. The third-order valence-electron chi connectivity index (χ3n) is 4.82. The molecule has 2 N–H and O–H groups in total. The molecule has 0 bridgehead atoms. The highest BCUT2D eigenvalue weighted by atomic mass is 127. The summed E-state index contributed by atoms with van der Waals surface area (Å²) in [4.78, 5) is 20.5. The third kappa shape index (κ3) is 7.96. The van der Waals surface area contributed by atoms with E-state index in [1.165, 1.54) is 0 Å². The molecule has 0 aromatic rings. The number of amides is 1. The van der Waals surface area contributed by atoms with Crippen LogP contribution in [-0.4, -0.2) is 85.7 Å². The van der Waals surface area contributed by atoms with Crippen LogP contribution in [-0.2, 0) is 9.53 Å². The molecule has 0 aromatic carbocycles. The molecule has 2 fully saturated rings. The molecule has 0 unspecified atom stereocenters. The number of carbonyl (C=O) groups excluding carboxylic acids is 1. The highest BCUT2D eigenvalue weighted by Gasteiger charge is 2.26. The van der Waals surface area contributed by atoms with Gasteiger partial charge in [0.05, 0.1) is 18.8 Å². The molecular weight excluding hydrogens is 445 g/mol. The number of nitrogens with one attached hydrogen (secondary N) is 2. The molecule has 1 amide bonds. The zero-order valence-corrected chi connectivity index (χ0v) is 19.0. The minimum Gasteiger partial charge on any atom is -0.373 e. The average molecular weight is 481 g/mol. The fourth-order valence-corrected chi connectivity index (χ4v) is 3.46. The van der Waals surface area contributed by atoms with Crippen LogP contribution < -0.4 is 10.6 Å². The van der Waals surface area contributed by atoms with Crippen molar-refractivity contribution in [1.82, 2.24) is 20.4 Å². The summed E-state index contributed by atoms with van der Waals surface area (Å²) < 4.78 is 5.76. The maximum Gasteiger partial charge on any atom is 0.219 e. The fraction of sp³-hybridized carbons (Fsp3) is 0.889. The molecule has 2 rings (SSSR count). The lowest BCUT2D eigenvalue weighted by atomic mass is 10.1. The van der Waals surface area contributed by atoms with Gasteiger partial charge in [0.25, 0.3) is 0 Å².